The molecule has 4 heterocycles. The molecule has 0 aliphatic carbocycles. The third-order valence-electron chi connectivity index (χ3n) is 4.27. The number of aromatic nitrogens is 5. The van der Waals surface area contributed by atoms with Crippen molar-refractivity contribution in [2.45, 2.75) is 19.4 Å². The van der Waals surface area contributed by atoms with Gasteiger partial charge in [0.25, 0.3) is 5.91 Å². The number of amides is 1. The summed E-state index contributed by atoms with van der Waals surface area (Å²) in [6, 6.07) is 6.98. The van der Waals surface area contributed by atoms with Crippen LogP contribution in [0.1, 0.15) is 21.9 Å². The summed E-state index contributed by atoms with van der Waals surface area (Å²) in [5.41, 5.74) is 1.69. The van der Waals surface area contributed by atoms with Crippen molar-refractivity contribution in [2.24, 2.45) is 5.92 Å². The minimum Gasteiger partial charge on any atom is -0.391 e. The molecule has 0 radical (unpaired) electrons. The fourth-order valence-corrected chi connectivity index (χ4v) is 3.08. The molecule has 24 heavy (non-hydrogen) atoms. The van der Waals surface area contributed by atoms with Gasteiger partial charge in [0.2, 0.25) is 0 Å². The van der Waals surface area contributed by atoms with Gasteiger partial charge in [-0.2, -0.15) is 4.52 Å². The Balaban J connectivity index is 1.53. The van der Waals surface area contributed by atoms with Crippen molar-refractivity contribution in [3.8, 4) is 0 Å². The zero-order valence-corrected chi connectivity index (χ0v) is 13.0. The molecule has 1 aliphatic rings. The number of aliphatic hydroxyl groups excluding tert-OH is 1. The first-order chi connectivity index (χ1) is 11.6. The average molecular weight is 328 g/mol. The number of hydrogen-bond donors (Lipinski definition) is 1. The van der Waals surface area contributed by atoms with E-state index < -0.39 is 6.10 Å². The number of β-amino-alcohol motifs (C(OH)–C–C–N with tert-alkyl or cyclic N) is 1. The van der Waals surface area contributed by atoms with Gasteiger partial charge in [0.05, 0.1) is 11.8 Å². The smallest absolute Gasteiger partial charge is 0.272 e. The van der Waals surface area contributed by atoms with E-state index in [9.17, 15) is 9.90 Å². The Labute approximate surface area is 136 Å². The topological polar surface area (TPSA) is 110 Å². The van der Waals surface area contributed by atoms with E-state index in [0.29, 0.717) is 30.1 Å². The summed E-state index contributed by atoms with van der Waals surface area (Å²) >= 11 is 0. The van der Waals surface area contributed by atoms with Gasteiger partial charge >= 0.3 is 0 Å². The van der Waals surface area contributed by atoms with Gasteiger partial charge in [-0.1, -0.05) is 11.2 Å². The third-order valence-corrected chi connectivity index (χ3v) is 4.27. The fourth-order valence-electron chi connectivity index (χ4n) is 3.08. The molecule has 1 N–H and O–H groups in total. The van der Waals surface area contributed by atoms with Gasteiger partial charge in [-0.25, -0.2) is 0 Å². The van der Waals surface area contributed by atoms with Crippen molar-refractivity contribution >= 4 is 11.6 Å². The second kappa shape index (κ2) is 5.68. The summed E-state index contributed by atoms with van der Waals surface area (Å²) in [4.78, 5) is 14.4. The number of carbonyl (C=O) groups excluding carboxylic acids is 1. The Hall–Kier alpha value is -2.81. The highest BCUT2D eigenvalue weighted by Crippen LogP contribution is 2.23. The van der Waals surface area contributed by atoms with Gasteiger partial charge in [0.1, 0.15) is 11.5 Å². The number of rotatable bonds is 3. The van der Waals surface area contributed by atoms with E-state index in [4.69, 9.17) is 4.52 Å². The monoisotopic (exact) mass is 328 g/mol. The molecule has 124 valence electrons. The molecule has 9 nitrogen and oxygen atoms in total. The quantitative estimate of drug-likeness (QED) is 0.726. The van der Waals surface area contributed by atoms with Crippen molar-refractivity contribution in [3.63, 3.8) is 0 Å². The van der Waals surface area contributed by atoms with Crippen LogP contribution < -0.4 is 0 Å². The zero-order chi connectivity index (χ0) is 16.7. The molecule has 4 rings (SSSR count). The van der Waals surface area contributed by atoms with Crippen LogP contribution in [0.4, 0.5) is 0 Å². The molecule has 0 unspecified atom stereocenters. The Morgan fingerprint density at radius 1 is 1.42 bits per heavy atom. The summed E-state index contributed by atoms with van der Waals surface area (Å²) in [7, 11) is 0. The minimum absolute atomic E-state index is 0.0885. The highest BCUT2D eigenvalue weighted by molar-refractivity contribution is 5.93. The number of carbonyl (C=O) groups is 1. The molecule has 0 aromatic carbocycles. The minimum atomic E-state index is -0.604. The van der Waals surface area contributed by atoms with Gasteiger partial charge in [0.15, 0.2) is 5.65 Å². The lowest BCUT2D eigenvalue weighted by Crippen LogP contribution is -2.31. The van der Waals surface area contributed by atoms with Crippen molar-refractivity contribution < 1.29 is 14.4 Å². The largest absolute Gasteiger partial charge is 0.391 e. The molecule has 1 saturated heterocycles. The van der Waals surface area contributed by atoms with E-state index in [2.05, 4.69) is 20.7 Å². The molecule has 3 aromatic rings. The maximum atomic E-state index is 12.8. The van der Waals surface area contributed by atoms with E-state index in [-0.39, 0.29) is 18.4 Å². The molecule has 2 atom stereocenters. The lowest BCUT2D eigenvalue weighted by Gasteiger charge is -2.16. The van der Waals surface area contributed by atoms with E-state index in [1.807, 2.05) is 13.0 Å². The zero-order valence-electron chi connectivity index (χ0n) is 13.0. The molecule has 1 aliphatic heterocycles. The maximum Gasteiger partial charge on any atom is 0.272 e. The van der Waals surface area contributed by atoms with Crippen LogP contribution in [0.15, 0.2) is 28.8 Å². The van der Waals surface area contributed by atoms with E-state index >= 15 is 0 Å². The third kappa shape index (κ3) is 2.52. The molecule has 0 bridgehead atoms. The number of nitrogens with zero attached hydrogens (tertiary/aromatic N) is 6. The second-order valence-corrected chi connectivity index (χ2v) is 6.04. The molecule has 9 heteroatoms. The van der Waals surface area contributed by atoms with Crippen molar-refractivity contribution in [1.29, 1.82) is 0 Å². The van der Waals surface area contributed by atoms with Crippen LogP contribution in [-0.2, 0) is 6.42 Å². The van der Waals surface area contributed by atoms with Gasteiger partial charge in [-0.3, -0.25) is 4.79 Å². The van der Waals surface area contributed by atoms with Crippen LogP contribution >= 0.6 is 0 Å². The van der Waals surface area contributed by atoms with E-state index in [1.165, 1.54) is 4.52 Å². The molecule has 0 saturated carbocycles. The van der Waals surface area contributed by atoms with Crippen LogP contribution in [0, 0.1) is 12.8 Å². The lowest BCUT2D eigenvalue weighted by molar-refractivity contribution is 0.0756. The fraction of sp³-hybridized carbons (Fsp3) is 0.400. The number of likely N-dealkylation sites (tertiary alicyclic amines) is 1. The molecular weight excluding hydrogens is 312 g/mol. The lowest BCUT2D eigenvalue weighted by atomic mass is 10.0. The average Bonchev–Trinajstić information content (AvgIpc) is 3.28. The van der Waals surface area contributed by atoms with Gasteiger partial charge in [-0.15, -0.1) is 5.10 Å². The summed E-state index contributed by atoms with van der Waals surface area (Å²) in [5, 5.41) is 25.4. The highest BCUT2D eigenvalue weighted by Gasteiger charge is 2.35. The predicted octanol–water partition coefficient (Wildman–Crippen LogP) is 0.0963. The summed E-state index contributed by atoms with van der Waals surface area (Å²) in [6.07, 6.45) is -0.0617. The summed E-state index contributed by atoms with van der Waals surface area (Å²) < 4.78 is 6.61. The number of aliphatic hydroxyl groups is 1. The molecule has 0 spiro atoms. The summed E-state index contributed by atoms with van der Waals surface area (Å²) in [5.74, 6) is 0.422. The Morgan fingerprint density at radius 3 is 3.08 bits per heavy atom. The van der Waals surface area contributed by atoms with Crippen LogP contribution in [0.25, 0.3) is 5.65 Å². The van der Waals surface area contributed by atoms with Crippen molar-refractivity contribution in [2.75, 3.05) is 13.1 Å². The molecule has 3 aromatic heterocycles. The van der Waals surface area contributed by atoms with E-state index in [1.54, 1.807) is 23.1 Å². The molecular formula is C15H16N6O3. The predicted molar refractivity (Wildman–Crippen MR) is 81.1 cm³/mol. The number of pyridine rings is 1. The first-order valence-electron chi connectivity index (χ1n) is 7.68. The number of fused-ring (bicyclic) bond motifs is 1. The highest BCUT2D eigenvalue weighted by atomic mass is 16.5. The van der Waals surface area contributed by atoms with Crippen molar-refractivity contribution in [1.82, 2.24) is 30.1 Å². The Bertz CT molecular complexity index is 888. The number of hydrogen-bond acceptors (Lipinski definition) is 7. The Kier molecular flexibility index (Phi) is 3.49. The first kappa shape index (κ1) is 14.8. The van der Waals surface area contributed by atoms with Crippen LogP contribution in [-0.4, -0.2) is 60.3 Å². The maximum absolute atomic E-state index is 12.8. The van der Waals surface area contributed by atoms with Crippen LogP contribution in [0.3, 0.4) is 0 Å². The Morgan fingerprint density at radius 2 is 2.29 bits per heavy atom. The summed E-state index contributed by atoms with van der Waals surface area (Å²) in [6.45, 7) is 2.56. The van der Waals surface area contributed by atoms with E-state index in [0.717, 1.165) is 5.69 Å². The van der Waals surface area contributed by atoms with Crippen molar-refractivity contribution in [3.05, 3.63) is 41.4 Å². The van der Waals surface area contributed by atoms with Gasteiger partial charge in [-0.05, 0) is 29.5 Å². The van der Waals surface area contributed by atoms with Gasteiger partial charge in [0, 0.05) is 31.5 Å². The van der Waals surface area contributed by atoms with Crippen LogP contribution in [0.2, 0.25) is 0 Å². The standard InChI is InChI=1S/C15H16N6O3/c1-9-5-11(24-17-9)6-10-7-20(8-13(10)22)15(23)12-3-2-4-14-16-18-19-21(12)14/h2-5,10,13,22H,6-8H2,1H3/t10-,13-/m1/s1. The normalized spacial score (nSPS) is 20.8. The molecule has 1 fully saturated rings. The molecule has 1 amide bonds. The van der Waals surface area contributed by atoms with Gasteiger partial charge < -0.3 is 14.5 Å². The number of tetrazole rings is 1. The number of aryl methyl sites for hydroxylation is 1. The first-order valence-corrected chi connectivity index (χ1v) is 7.68. The van der Waals surface area contributed by atoms with Crippen LogP contribution in [0.5, 0.6) is 0 Å². The SMILES string of the molecule is Cc1cc(C[C@@H]2CN(C(=O)c3cccc4nnnn34)C[C@H]2O)on1. The second-order valence-electron chi connectivity index (χ2n) is 6.04.